The lowest BCUT2D eigenvalue weighted by Crippen LogP contribution is -2.49. The van der Waals surface area contributed by atoms with Gasteiger partial charge in [0, 0.05) is 6.54 Å². The first-order chi connectivity index (χ1) is 8.93. The molecule has 0 unspecified atom stereocenters. The number of likely N-dealkylation sites (N-methyl/N-ethyl adjacent to an activating group) is 1. The second-order valence-corrected chi connectivity index (χ2v) is 5.03. The molecular weight excluding hydrogens is 242 g/mol. The minimum absolute atomic E-state index is 0.227. The van der Waals surface area contributed by atoms with Crippen molar-refractivity contribution in [1.29, 1.82) is 0 Å². The summed E-state index contributed by atoms with van der Waals surface area (Å²) in [6.45, 7) is 4.48. The molecule has 0 aliphatic carbocycles. The van der Waals surface area contributed by atoms with Gasteiger partial charge in [0.2, 0.25) is 0 Å². The van der Waals surface area contributed by atoms with Crippen LogP contribution in [-0.4, -0.2) is 44.2 Å². The SMILES string of the molecule is COC(=O)C(C)(C)N(C)CCc1ccccc1OC. The minimum Gasteiger partial charge on any atom is -0.496 e. The van der Waals surface area contributed by atoms with Crippen LogP contribution in [-0.2, 0) is 16.0 Å². The van der Waals surface area contributed by atoms with E-state index in [1.54, 1.807) is 7.11 Å². The molecule has 0 bridgehead atoms. The van der Waals surface area contributed by atoms with Gasteiger partial charge in [0.05, 0.1) is 14.2 Å². The second-order valence-electron chi connectivity index (χ2n) is 5.03. The van der Waals surface area contributed by atoms with Gasteiger partial charge in [-0.1, -0.05) is 18.2 Å². The van der Waals surface area contributed by atoms with Crippen molar-refractivity contribution in [3.8, 4) is 5.75 Å². The molecule has 0 aliphatic rings. The number of hydrogen-bond acceptors (Lipinski definition) is 4. The van der Waals surface area contributed by atoms with Gasteiger partial charge in [-0.05, 0) is 38.9 Å². The van der Waals surface area contributed by atoms with Crippen LogP contribution in [0.2, 0.25) is 0 Å². The Bertz CT molecular complexity index is 429. The Labute approximate surface area is 115 Å². The highest BCUT2D eigenvalue weighted by molar-refractivity contribution is 5.79. The number of nitrogens with zero attached hydrogens (tertiary/aromatic N) is 1. The summed E-state index contributed by atoms with van der Waals surface area (Å²) in [7, 11) is 5.01. The molecule has 0 saturated carbocycles. The highest BCUT2D eigenvalue weighted by atomic mass is 16.5. The van der Waals surface area contributed by atoms with Crippen molar-refractivity contribution in [2.45, 2.75) is 25.8 Å². The van der Waals surface area contributed by atoms with E-state index < -0.39 is 5.54 Å². The zero-order valence-corrected chi connectivity index (χ0v) is 12.4. The molecule has 4 heteroatoms. The number of esters is 1. The molecular formula is C15H23NO3. The third kappa shape index (κ3) is 3.70. The summed E-state index contributed by atoms with van der Waals surface area (Å²) in [4.78, 5) is 13.7. The monoisotopic (exact) mass is 265 g/mol. The van der Waals surface area contributed by atoms with Gasteiger partial charge in [0.15, 0.2) is 0 Å². The number of ether oxygens (including phenoxy) is 2. The summed E-state index contributed by atoms with van der Waals surface area (Å²) in [5.41, 5.74) is 0.508. The van der Waals surface area contributed by atoms with E-state index in [9.17, 15) is 4.79 Å². The number of hydrogen-bond donors (Lipinski definition) is 0. The Morgan fingerprint density at radius 3 is 2.47 bits per heavy atom. The zero-order chi connectivity index (χ0) is 14.5. The van der Waals surface area contributed by atoms with Crippen LogP contribution in [0.4, 0.5) is 0 Å². The van der Waals surface area contributed by atoms with Gasteiger partial charge in [0.1, 0.15) is 11.3 Å². The molecule has 0 radical (unpaired) electrons. The molecule has 4 nitrogen and oxygen atoms in total. The fourth-order valence-corrected chi connectivity index (χ4v) is 1.88. The first kappa shape index (κ1) is 15.5. The van der Waals surface area contributed by atoms with Crippen molar-refractivity contribution < 1.29 is 14.3 Å². The third-order valence-electron chi connectivity index (χ3n) is 3.55. The standard InChI is InChI=1S/C15H23NO3/c1-15(2,14(17)19-5)16(3)11-10-12-8-6-7-9-13(12)18-4/h6-9H,10-11H2,1-5H3. The van der Waals surface area contributed by atoms with Crippen molar-refractivity contribution in [1.82, 2.24) is 4.90 Å². The maximum absolute atomic E-state index is 11.7. The fraction of sp³-hybridized carbons (Fsp3) is 0.533. The van der Waals surface area contributed by atoms with E-state index in [-0.39, 0.29) is 5.97 Å². The first-order valence-corrected chi connectivity index (χ1v) is 6.35. The molecule has 106 valence electrons. The molecule has 0 aromatic heterocycles. The Balaban J connectivity index is 2.68. The summed E-state index contributed by atoms with van der Waals surface area (Å²) >= 11 is 0. The van der Waals surface area contributed by atoms with E-state index in [1.165, 1.54) is 7.11 Å². The quantitative estimate of drug-likeness (QED) is 0.739. The van der Waals surface area contributed by atoms with Crippen molar-refractivity contribution in [3.63, 3.8) is 0 Å². The molecule has 0 amide bonds. The number of para-hydroxylation sites is 1. The first-order valence-electron chi connectivity index (χ1n) is 6.35. The predicted octanol–water partition coefficient (Wildman–Crippen LogP) is 2.12. The van der Waals surface area contributed by atoms with Crippen LogP contribution in [0.25, 0.3) is 0 Å². The Kier molecular flexibility index (Phi) is 5.36. The Morgan fingerprint density at radius 1 is 1.26 bits per heavy atom. The number of carbonyl (C=O) groups excluding carboxylic acids is 1. The summed E-state index contributed by atoms with van der Waals surface area (Å²) in [6.07, 6.45) is 0.820. The highest BCUT2D eigenvalue weighted by Gasteiger charge is 2.32. The van der Waals surface area contributed by atoms with Gasteiger partial charge in [-0.25, -0.2) is 0 Å². The smallest absolute Gasteiger partial charge is 0.325 e. The van der Waals surface area contributed by atoms with Gasteiger partial charge < -0.3 is 9.47 Å². The second kappa shape index (κ2) is 6.57. The lowest BCUT2D eigenvalue weighted by Gasteiger charge is -2.32. The van der Waals surface area contributed by atoms with Crippen LogP contribution in [0.1, 0.15) is 19.4 Å². The highest BCUT2D eigenvalue weighted by Crippen LogP contribution is 2.20. The van der Waals surface area contributed by atoms with Crippen LogP contribution >= 0.6 is 0 Å². The Morgan fingerprint density at radius 2 is 1.89 bits per heavy atom. The molecule has 0 atom stereocenters. The van der Waals surface area contributed by atoms with Crippen LogP contribution in [0.3, 0.4) is 0 Å². The van der Waals surface area contributed by atoms with Crippen LogP contribution in [0.15, 0.2) is 24.3 Å². The summed E-state index contributed by atoms with van der Waals surface area (Å²) < 4.78 is 10.1. The van der Waals surface area contributed by atoms with Crippen molar-refractivity contribution in [2.24, 2.45) is 0 Å². The third-order valence-corrected chi connectivity index (χ3v) is 3.55. The van der Waals surface area contributed by atoms with Crippen LogP contribution < -0.4 is 4.74 Å². The van der Waals surface area contributed by atoms with Gasteiger partial charge in [0.25, 0.3) is 0 Å². The van der Waals surface area contributed by atoms with Gasteiger partial charge in [-0.2, -0.15) is 0 Å². The maximum atomic E-state index is 11.7. The largest absolute Gasteiger partial charge is 0.496 e. The number of benzene rings is 1. The minimum atomic E-state index is -0.628. The van der Waals surface area contributed by atoms with E-state index in [1.807, 2.05) is 50.1 Å². The lowest BCUT2D eigenvalue weighted by molar-refractivity contribution is -0.152. The lowest BCUT2D eigenvalue weighted by atomic mass is 10.0. The molecule has 0 spiro atoms. The fourth-order valence-electron chi connectivity index (χ4n) is 1.88. The summed E-state index contributed by atoms with van der Waals surface area (Å²) in [6, 6.07) is 7.92. The van der Waals surface area contributed by atoms with Gasteiger partial charge in [-0.3, -0.25) is 9.69 Å². The van der Waals surface area contributed by atoms with Crippen molar-refractivity contribution in [3.05, 3.63) is 29.8 Å². The van der Waals surface area contributed by atoms with E-state index in [0.717, 1.165) is 24.3 Å². The molecule has 19 heavy (non-hydrogen) atoms. The normalized spacial score (nSPS) is 11.5. The molecule has 1 aromatic rings. The van der Waals surface area contributed by atoms with E-state index >= 15 is 0 Å². The number of methoxy groups -OCH3 is 2. The Hall–Kier alpha value is -1.55. The molecule has 1 rings (SSSR count). The van der Waals surface area contributed by atoms with Gasteiger partial charge in [-0.15, -0.1) is 0 Å². The van der Waals surface area contributed by atoms with Gasteiger partial charge >= 0.3 is 5.97 Å². The average Bonchev–Trinajstić information content (AvgIpc) is 2.43. The maximum Gasteiger partial charge on any atom is 0.325 e. The van der Waals surface area contributed by atoms with E-state index in [2.05, 4.69) is 0 Å². The molecule has 1 aromatic carbocycles. The van der Waals surface area contributed by atoms with E-state index in [4.69, 9.17) is 9.47 Å². The van der Waals surface area contributed by atoms with Crippen LogP contribution in [0.5, 0.6) is 5.75 Å². The topological polar surface area (TPSA) is 38.8 Å². The average molecular weight is 265 g/mol. The molecule has 0 aliphatic heterocycles. The predicted molar refractivity (Wildman–Crippen MR) is 75.4 cm³/mol. The molecule has 0 saturated heterocycles. The van der Waals surface area contributed by atoms with Crippen molar-refractivity contribution >= 4 is 5.97 Å². The number of rotatable bonds is 6. The summed E-state index contributed by atoms with van der Waals surface area (Å²) in [5, 5.41) is 0. The summed E-state index contributed by atoms with van der Waals surface area (Å²) in [5.74, 6) is 0.654. The number of carbonyl (C=O) groups is 1. The molecule has 0 fully saturated rings. The van der Waals surface area contributed by atoms with E-state index in [0.29, 0.717) is 0 Å². The molecule has 0 N–H and O–H groups in total. The zero-order valence-electron chi connectivity index (χ0n) is 12.4. The van der Waals surface area contributed by atoms with Crippen molar-refractivity contribution in [2.75, 3.05) is 27.8 Å². The molecule has 0 heterocycles. The van der Waals surface area contributed by atoms with Crippen LogP contribution in [0, 0.1) is 0 Å².